The van der Waals surface area contributed by atoms with Crippen LogP contribution in [0.3, 0.4) is 0 Å². The van der Waals surface area contributed by atoms with E-state index in [4.69, 9.17) is 0 Å². The molecule has 1 heterocycles. The van der Waals surface area contributed by atoms with Gasteiger partial charge in [0.2, 0.25) is 11.8 Å². The molecular formula is C27H26N4O7S. The summed E-state index contributed by atoms with van der Waals surface area (Å²) in [7, 11) is -2.69. The molecule has 4 rings (SSSR count). The maximum Gasteiger partial charge on any atom is 0.269 e. The van der Waals surface area contributed by atoms with E-state index < -0.39 is 26.9 Å². The number of likely N-dealkylation sites (N-methyl/N-ethyl adjacent to an activating group) is 1. The van der Waals surface area contributed by atoms with Gasteiger partial charge in [0.05, 0.1) is 9.82 Å². The van der Waals surface area contributed by atoms with E-state index >= 15 is 0 Å². The van der Waals surface area contributed by atoms with Crippen molar-refractivity contribution in [2.75, 3.05) is 7.05 Å². The number of rotatable bonds is 8. The fourth-order valence-corrected chi connectivity index (χ4v) is 5.48. The molecule has 202 valence electrons. The molecule has 3 amide bonds. The Morgan fingerprint density at radius 1 is 1.00 bits per heavy atom. The number of aryl methyl sites for hydroxylation is 1. The Bertz CT molecular complexity index is 1540. The highest BCUT2D eigenvalue weighted by Gasteiger charge is 2.34. The molecule has 0 bridgehead atoms. The first-order valence-electron chi connectivity index (χ1n) is 12.1. The van der Waals surface area contributed by atoms with Gasteiger partial charge in [-0.25, -0.2) is 13.1 Å². The normalized spacial score (nSPS) is 14.7. The lowest BCUT2D eigenvalue weighted by Crippen LogP contribution is -2.52. The number of nitro groups is 1. The Morgan fingerprint density at radius 3 is 2.44 bits per heavy atom. The number of hydrogen-bond donors (Lipinski definition) is 2. The van der Waals surface area contributed by atoms with E-state index in [1.165, 1.54) is 54.4 Å². The smallest absolute Gasteiger partial charge is 0.269 e. The largest absolute Gasteiger partial charge is 0.357 e. The number of carbonyl (C=O) groups excluding carboxylic acids is 3. The second-order valence-electron chi connectivity index (χ2n) is 9.01. The van der Waals surface area contributed by atoms with Crippen LogP contribution in [0.15, 0.2) is 77.7 Å². The van der Waals surface area contributed by atoms with Crippen LogP contribution in [0.25, 0.3) is 0 Å². The average molecular weight is 551 g/mol. The van der Waals surface area contributed by atoms with Gasteiger partial charge >= 0.3 is 0 Å². The van der Waals surface area contributed by atoms with Crippen LogP contribution in [-0.4, -0.2) is 49.1 Å². The SMILES string of the molecule is CNC(=O)[C@@H]1Cc2ccc([N+](=O)[O-])cc2CN1C(=O)CCc1cccc(S(=O)(=O)NC(=O)c2ccccc2)c1. The molecule has 3 aromatic carbocycles. The average Bonchev–Trinajstić information content (AvgIpc) is 2.94. The lowest BCUT2D eigenvalue weighted by atomic mass is 9.92. The first-order valence-corrected chi connectivity index (χ1v) is 13.6. The zero-order valence-electron chi connectivity index (χ0n) is 21.0. The minimum absolute atomic E-state index is 0.0301. The van der Waals surface area contributed by atoms with Gasteiger partial charge < -0.3 is 10.2 Å². The molecule has 0 aromatic heterocycles. The number of sulfonamides is 1. The lowest BCUT2D eigenvalue weighted by Gasteiger charge is -2.35. The number of nitrogens with zero attached hydrogens (tertiary/aromatic N) is 2. The van der Waals surface area contributed by atoms with Crippen LogP contribution in [0, 0.1) is 10.1 Å². The minimum Gasteiger partial charge on any atom is -0.357 e. The third kappa shape index (κ3) is 6.29. The molecule has 1 aliphatic rings. The predicted molar refractivity (Wildman–Crippen MR) is 141 cm³/mol. The maximum atomic E-state index is 13.3. The van der Waals surface area contributed by atoms with E-state index in [1.54, 1.807) is 30.3 Å². The Hall–Kier alpha value is -4.58. The van der Waals surface area contributed by atoms with Crippen molar-refractivity contribution in [3.05, 3.63) is 105 Å². The van der Waals surface area contributed by atoms with Crippen LogP contribution in [-0.2, 0) is 39.0 Å². The number of carbonyl (C=O) groups is 3. The molecule has 0 unspecified atom stereocenters. The zero-order valence-corrected chi connectivity index (χ0v) is 21.8. The minimum atomic E-state index is -4.16. The van der Waals surface area contributed by atoms with Crippen molar-refractivity contribution < 1.29 is 27.7 Å². The number of nitro benzene ring substituents is 1. The van der Waals surface area contributed by atoms with E-state index in [1.807, 2.05) is 4.72 Å². The molecule has 1 atom stereocenters. The molecule has 0 saturated heterocycles. The van der Waals surface area contributed by atoms with Crippen molar-refractivity contribution >= 4 is 33.4 Å². The Kier molecular flexibility index (Phi) is 8.05. The first kappa shape index (κ1) is 27.5. The van der Waals surface area contributed by atoms with E-state index in [-0.39, 0.29) is 53.8 Å². The number of nitrogens with one attached hydrogen (secondary N) is 2. The highest BCUT2D eigenvalue weighted by molar-refractivity contribution is 7.90. The maximum absolute atomic E-state index is 13.3. The predicted octanol–water partition coefficient (Wildman–Crippen LogP) is 2.35. The van der Waals surface area contributed by atoms with Gasteiger partial charge in [-0.1, -0.05) is 36.4 Å². The number of amides is 3. The highest BCUT2D eigenvalue weighted by atomic mass is 32.2. The summed E-state index contributed by atoms with van der Waals surface area (Å²) < 4.78 is 27.6. The fraction of sp³-hybridized carbons (Fsp3) is 0.222. The molecule has 1 aliphatic heterocycles. The van der Waals surface area contributed by atoms with Crippen molar-refractivity contribution in [2.24, 2.45) is 0 Å². The molecule has 11 nitrogen and oxygen atoms in total. The summed E-state index contributed by atoms with van der Waals surface area (Å²) in [5, 5.41) is 13.8. The summed E-state index contributed by atoms with van der Waals surface area (Å²) in [6.07, 6.45) is 0.360. The Balaban J connectivity index is 1.48. The van der Waals surface area contributed by atoms with Crippen LogP contribution in [0.1, 0.15) is 33.5 Å². The van der Waals surface area contributed by atoms with Gasteiger partial charge in [-0.05, 0) is 47.4 Å². The van der Waals surface area contributed by atoms with E-state index in [9.17, 15) is 32.9 Å². The highest BCUT2D eigenvalue weighted by Crippen LogP contribution is 2.28. The summed E-state index contributed by atoms with van der Waals surface area (Å²) >= 11 is 0. The second-order valence-corrected chi connectivity index (χ2v) is 10.7. The van der Waals surface area contributed by atoms with Crippen LogP contribution in [0.5, 0.6) is 0 Å². The third-order valence-electron chi connectivity index (χ3n) is 6.50. The fourth-order valence-electron chi connectivity index (χ4n) is 4.44. The van der Waals surface area contributed by atoms with Gasteiger partial charge in [0.1, 0.15) is 6.04 Å². The molecule has 0 saturated carbocycles. The van der Waals surface area contributed by atoms with Gasteiger partial charge in [-0.2, -0.15) is 0 Å². The first-order chi connectivity index (χ1) is 18.6. The second kappa shape index (κ2) is 11.4. The van der Waals surface area contributed by atoms with Gasteiger partial charge in [-0.15, -0.1) is 0 Å². The van der Waals surface area contributed by atoms with Crippen molar-refractivity contribution in [1.82, 2.24) is 14.9 Å². The molecule has 0 aliphatic carbocycles. The van der Waals surface area contributed by atoms with Gasteiger partial charge in [-0.3, -0.25) is 24.5 Å². The van der Waals surface area contributed by atoms with Crippen molar-refractivity contribution in [2.45, 2.75) is 36.7 Å². The van der Waals surface area contributed by atoms with Gasteiger partial charge in [0, 0.05) is 44.1 Å². The van der Waals surface area contributed by atoms with Crippen LogP contribution >= 0.6 is 0 Å². The Labute approximate surface area is 225 Å². The molecule has 2 N–H and O–H groups in total. The van der Waals surface area contributed by atoms with E-state index in [0.29, 0.717) is 11.1 Å². The molecule has 39 heavy (non-hydrogen) atoms. The number of benzene rings is 3. The monoisotopic (exact) mass is 550 g/mol. The molecule has 0 spiro atoms. The Morgan fingerprint density at radius 2 is 1.74 bits per heavy atom. The standard InChI is InChI=1S/C27H26N4O7S/c1-28-27(34)24-16-20-11-12-22(31(35)36)15-21(20)17-30(24)25(32)13-10-18-6-5-9-23(14-18)39(37,38)29-26(33)19-7-3-2-4-8-19/h2-9,11-12,14-15,24H,10,13,16-17H2,1H3,(H,28,34)(H,29,33)/t24-/m0/s1. The molecule has 0 radical (unpaired) electrons. The van der Waals surface area contributed by atoms with Gasteiger partial charge in [0.25, 0.3) is 21.6 Å². The summed E-state index contributed by atoms with van der Waals surface area (Å²) in [5.41, 5.74) is 2.00. The number of fused-ring (bicyclic) bond motifs is 1. The lowest BCUT2D eigenvalue weighted by molar-refractivity contribution is -0.385. The van der Waals surface area contributed by atoms with E-state index in [2.05, 4.69) is 5.32 Å². The summed E-state index contributed by atoms with van der Waals surface area (Å²) in [5.74, 6) is -1.47. The van der Waals surface area contributed by atoms with Crippen molar-refractivity contribution in [1.29, 1.82) is 0 Å². The topological polar surface area (TPSA) is 156 Å². The van der Waals surface area contributed by atoms with Crippen LogP contribution in [0.4, 0.5) is 5.69 Å². The number of hydrogen-bond acceptors (Lipinski definition) is 7. The van der Waals surface area contributed by atoms with Crippen LogP contribution in [0.2, 0.25) is 0 Å². The summed E-state index contributed by atoms with van der Waals surface area (Å²) in [6, 6.07) is 17.5. The summed E-state index contributed by atoms with van der Waals surface area (Å²) in [4.78, 5) is 50.1. The number of non-ortho nitro benzene ring substituents is 1. The zero-order chi connectivity index (χ0) is 28.2. The van der Waals surface area contributed by atoms with E-state index in [0.717, 1.165) is 5.56 Å². The van der Waals surface area contributed by atoms with Gasteiger partial charge in [0.15, 0.2) is 0 Å². The quantitative estimate of drug-likeness (QED) is 0.322. The van der Waals surface area contributed by atoms with Crippen molar-refractivity contribution in [3.63, 3.8) is 0 Å². The molecule has 3 aromatic rings. The third-order valence-corrected chi connectivity index (χ3v) is 7.83. The van der Waals surface area contributed by atoms with Crippen LogP contribution < -0.4 is 10.0 Å². The molecule has 0 fully saturated rings. The summed E-state index contributed by atoms with van der Waals surface area (Å²) in [6.45, 7) is 0.0356. The van der Waals surface area contributed by atoms with Crippen molar-refractivity contribution in [3.8, 4) is 0 Å². The molecule has 12 heteroatoms. The molecular weight excluding hydrogens is 524 g/mol.